The van der Waals surface area contributed by atoms with Gasteiger partial charge in [0.15, 0.2) is 11.5 Å². The fraction of sp³-hybridized carbons (Fsp3) is 0. The van der Waals surface area contributed by atoms with Gasteiger partial charge < -0.3 is 5.11 Å². The zero-order chi connectivity index (χ0) is 12.6. The van der Waals surface area contributed by atoms with Crippen LogP contribution in [0.25, 0.3) is 5.69 Å². The molecule has 0 aliphatic heterocycles. The maximum atomic E-state index is 13.5. The Hall–Kier alpha value is -1.76. The second kappa shape index (κ2) is 4.25. The van der Waals surface area contributed by atoms with Crippen molar-refractivity contribution in [1.82, 2.24) is 9.78 Å². The van der Waals surface area contributed by atoms with Gasteiger partial charge in [-0.3, -0.25) is 0 Å². The lowest BCUT2D eigenvalue weighted by molar-refractivity contribution is 0.0690. The summed E-state index contributed by atoms with van der Waals surface area (Å²) in [5, 5.41) is 12.3. The Morgan fingerprint density at radius 2 is 2.12 bits per heavy atom. The molecule has 4 nitrogen and oxygen atoms in total. The molecule has 0 saturated heterocycles. The number of nitrogens with zero attached hydrogens (tertiary/aromatic N) is 2. The van der Waals surface area contributed by atoms with Gasteiger partial charge in [0.1, 0.15) is 11.5 Å². The molecule has 1 aromatic carbocycles. The minimum absolute atomic E-state index is 0.0427. The van der Waals surface area contributed by atoms with E-state index in [0.29, 0.717) is 6.07 Å². The molecule has 1 heterocycles. The molecule has 17 heavy (non-hydrogen) atoms. The summed E-state index contributed by atoms with van der Waals surface area (Å²) in [5.74, 6) is -2.79. The summed E-state index contributed by atoms with van der Waals surface area (Å²) in [4.78, 5) is 10.6. The van der Waals surface area contributed by atoms with Crippen molar-refractivity contribution in [3.63, 3.8) is 0 Å². The highest BCUT2D eigenvalue weighted by Crippen LogP contribution is 2.25. The van der Waals surface area contributed by atoms with Crippen LogP contribution in [0.1, 0.15) is 10.5 Å². The molecule has 0 unspecified atom stereocenters. The van der Waals surface area contributed by atoms with Crippen LogP contribution in [0, 0.1) is 11.6 Å². The van der Waals surface area contributed by atoms with Crippen LogP contribution in [0.5, 0.6) is 0 Å². The number of carboxylic acid groups (broad SMARTS) is 1. The summed E-state index contributed by atoms with van der Waals surface area (Å²) in [6.45, 7) is 0. The second-order valence-corrected chi connectivity index (χ2v) is 4.02. The van der Waals surface area contributed by atoms with Crippen LogP contribution >= 0.6 is 15.9 Å². The number of aromatic carboxylic acids is 1. The molecule has 1 aromatic heterocycles. The molecule has 7 heteroatoms. The maximum Gasteiger partial charge on any atom is 0.356 e. The Morgan fingerprint density at radius 3 is 2.65 bits per heavy atom. The SMILES string of the molecule is O=C(O)c1ccn(-c2c(F)cc(F)cc2Br)n1. The van der Waals surface area contributed by atoms with Crippen molar-refractivity contribution in [1.29, 1.82) is 0 Å². The fourth-order valence-electron chi connectivity index (χ4n) is 1.32. The lowest BCUT2D eigenvalue weighted by atomic mass is 10.3. The summed E-state index contributed by atoms with van der Waals surface area (Å²) in [7, 11) is 0. The van der Waals surface area contributed by atoms with Crippen molar-refractivity contribution in [2.24, 2.45) is 0 Å². The largest absolute Gasteiger partial charge is 0.476 e. The zero-order valence-corrected chi connectivity index (χ0v) is 9.78. The molecule has 0 amide bonds. The summed E-state index contributed by atoms with van der Waals surface area (Å²) in [6, 6.07) is 2.99. The smallest absolute Gasteiger partial charge is 0.356 e. The first-order chi connectivity index (χ1) is 7.99. The monoisotopic (exact) mass is 302 g/mol. The second-order valence-electron chi connectivity index (χ2n) is 3.17. The third-order valence-corrected chi connectivity index (χ3v) is 2.62. The van der Waals surface area contributed by atoms with E-state index in [1.807, 2.05) is 0 Å². The molecule has 1 N–H and O–H groups in total. The third kappa shape index (κ3) is 2.19. The Labute approximate surface area is 103 Å². The standard InChI is InChI=1S/C10H5BrF2N2O2/c11-6-3-5(12)4-7(13)9(6)15-2-1-8(14-15)10(16)17/h1-4H,(H,16,17). The lowest BCUT2D eigenvalue weighted by Crippen LogP contribution is -2.04. The zero-order valence-electron chi connectivity index (χ0n) is 8.19. The molecule has 0 aliphatic rings. The predicted octanol–water partition coefficient (Wildman–Crippen LogP) is 2.61. The number of carboxylic acids is 1. The molecule has 2 aromatic rings. The summed E-state index contributed by atoms with van der Waals surface area (Å²) in [6.07, 6.45) is 1.28. The van der Waals surface area contributed by atoms with Gasteiger partial charge in [-0.05, 0) is 28.1 Å². The van der Waals surface area contributed by atoms with Crippen molar-refractivity contribution < 1.29 is 18.7 Å². The van der Waals surface area contributed by atoms with Crippen molar-refractivity contribution in [2.75, 3.05) is 0 Å². The highest BCUT2D eigenvalue weighted by molar-refractivity contribution is 9.10. The van der Waals surface area contributed by atoms with Crippen LogP contribution in [0.15, 0.2) is 28.9 Å². The summed E-state index contributed by atoms with van der Waals surface area (Å²) < 4.78 is 27.6. The van der Waals surface area contributed by atoms with Crippen molar-refractivity contribution in [2.45, 2.75) is 0 Å². The molecule has 0 fully saturated rings. The number of aromatic nitrogens is 2. The molecular weight excluding hydrogens is 298 g/mol. The van der Waals surface area contributed by atoms with E-state index in [1.165, 1.54) is 12.3 Å². The van der Waals surface area contributed by atoms with Gasteiger partial charge in [0, 0.05) is 16.7 Å². The average Bonchev–Trinajstić information content (AvgIpc) is 2.65. The van der Waals surface area contributed by atoms with Gasteiger partial charge >= 0.3 is 5.97 Å². The Morgan fingerprint density at radius 1 is 1.41 bits per heavy atom. The first-order valence-electron chi connectivity index (χ1n) is 4.43. The van der Waals surface area contributed by atoms with Gasteiger partial charge in [0.25, 0.3) is 0 Å². The van der Waals surface area contributed by atoms with Crippen LogP contribution < -0.4 is 0 Å². The Bertz CT molecular complexity index is 575. The van der Waals surface area contributed by atoms with Gasteiger partial charge in [0.2, 0.25) is 0 Å². The number of hydrogen-bond donors (Lipinski definition) is 1. The van der Waals surface area contributed by atoms with Gasteiger partial charge in [-0.2, -0.15) is 5.10 Å². The molecule has 2 rings (SSSR count). The molecular formula is C10H5BrF2N2O2. The lowest BCUT2D eigenvalue weighted by Gasteiger charge is -2.05. The molecule has 0 spiro atoms. The van der Waals surface area contributed by atoms with E-state index in [1.54, 1.807) is 0 Å². The van der Waals surface area contributed by atoms with E-state index in [9.17, 15) is 13.6 Å². The number of benzene rings is 1. The quantitative estimate of drug-likeness (QED) is 0.928. The van der Waals surface area contributed by atoms with Crippen LogP contribution in [-0.2, 0) is 0 Å². The van der Waals surface area contributed by atoms with E-state index < -0.39 is 17.6 Å². The Balaban J connectivity index is 2.56. The highest BCUT2D eigenvalue weighted by Gasteiger charge is 2.14. The summed E-state index contributed by atoms with van der Waals surface area (Å²) >= 11 is 2.99. The molecule has 0 bridgehead atoms. The van der Waals surface area contributed by atoms with E-state index in [0.717, 1.165) is 10.7 Å². The fourth-order valence-corrected chi connectivity index (χ4v) is 1.91. The van der Waals surface area contributed by atoms with Crippen LogP contribution in [0.3, 0.4) is 0 Å². The minimum atomic E-state index is -1.22. The van der Waals surface area contributed by atoms with Gasteiger partial charge in [0.05, 0.1) is 0 Å². The average molecular weight is 303 g/mol. The molecule has 0 saturated carbocycles. The third-order valence-electron chi connectivity index (χ3n) is 2.02. The molecule has 0 radical (unpaired) electrons. The minimum Gasteiger partial charge on any atom is -0.476 e. The number of hydrogen-bond acceptors (Lipinski definition) is 2. The van der Waals surface area contributed by atoms with Crippen molar-refractivity contribution in [3.05, 3.63) is 46.2 Å². The van der Waals surface area contributed by atoms with E-state index in [2.05, 4.69) is 21.0 Å². The number of carbonyl (C=O) groups is 1. The molecule has 0 atom stereocenters. The van der Waals surface area contributed by atoms with E-state index in [-0.39, 0.29) is 15.9 Å². The predicted molar refractivity (Wildman–Crippen MR) is 58.1 cm³/mol. The van der Waals surface area contributed by atoms with Crippen LogP contribution in [-0.4, -0.2) is 20.9 Å². The number of halogens is 3. The summed E-state index contributed by atoms with van der Waals surface area (Å²) in [5.41, 5.74) is -0.264. The van der Waals surface area contributed by atoms with E-state index >= 15 is 0 Å². The van der Waals surface area contributed by atoms with Crippen molar-refractivity contribution >= 4 is 21.9 Å². The van der Waals surface area contributed by atoms with Crippen molar-refractivity contribution in [3.8, 4) is 5.69 Å². The van der Waals surface area contributed by atoms with Crippen LogP contribution in [0.2, 0.25) is 0 Å². The topological polar surface area (TPSA) is 55.1 Å². The normalized spacial score (nSPS) is 10.5. The first kappa shape index (κ1) is 11.7. The van der Waals surface area contributed by atoms with E-state index in [4.69, 9.17) is 5.11 Å². The first-order valence-corrected chi connectivity index (χ1v) is 5.22. The highest BCUT2D eigenvalue weighted by atomic mass is 79.9. The molecule has 88 valence electrons. The maximum absolute atomic E-state index is 13.5. The number of rotatable bonds is 2. The Kier molecular flexibility index (Phi) is 2.93. The van der Waals surface area contributed by atoms with Gasteiger partial charge in [-0.25, -0.2) is 18.3 Å². The molecule has 0 aliphatic carbocycles. The van der Waals surface area contributed by atoms with Crippen LogP contribution in [0.4, 0.5) is 8.78 Å². The van der Waals surface area contributed by atoms with Gasteiger partial charge in [-0.15, -0.1) is 0 Å². The van der Waals surface area contributed by atoms with Gasteiger partial charge in [-0.1, -0.05) is 0 Å².